The highest BCUT2D eigenvalue weighted by molar-refractivity contribution is 7.99. The van der Waals surface area contributed by atoms with Gasteiger partial charge in [0.25, 0.3) is 0 Å². The van der Waals surface area contributed by atoms with E-state index in [4.69, 9.17) is 19.2 Å². The number of ether oxygens (including phenoxy) is 3. The summed E-state index contributed by atoms with van der Waals surface area (Å²) in [7, 11) is 3.27. The predicted molar refractivity (Wildman–Crippen MR) is 123 cm³/mol. The van der Waals surface area contributed by atoms with Crippen LogP contribution in [0.25, 0.3) is 22.5 Å². The number of aromatic nitrogens is 2. The van der Waals surface area contributed by atoms with Gasteiger partial charge in [0.2, 0.25) is 0 Å². The lowest BCUT2D eigenvalue weighted by molar-refractivity contribution is -0.165. The topological polar surface area (TPSA) is 93.7 Å². The number of benzene rings is 2. The van der Waals surface area contributed by atoms with Crippen LogP contribution in [0.4, 0.5) is 0 Å². The minimum absolute atomic E-state index is 0.0259. The van der Waals surface area contributed by atoms with Crippen LogP contribution >= 0.6 is 11.8 Å². The summed E-state index contributed by atoms with van der Waals surface area (Å²) in [4.78, 5) is 20.0. The number of thioether (sulfide) groups is 1. The summed E-state index contributed by atoms with van der Waals surface area (Å²) in [5.41, 5.74) is 2.59. The van der Waals surface area contributed by atoms with Crippen molar-refractivity contribution in [1.82, 2.24) is 9.97 Å². The molecule has 0 saturated carbocycles. The molecule has 2 heterocycles. The molecule has 1 fully saturated rings. The lowest BCUT2D eigenvalue weighted by Crippen LogP contribution is -2.41. The number of carbonyl (C=O) groups is 1. The Morgan fingerprint density at radius 3 is 2.25 bits per heavy atom. The third-order valence-corrected chi connectivity index (χ3v) is 6.33. The van der Waals surface area contributed by atoms with Crippen LogP contribution in [0.2, 0.25) is 0 Å². The third kappa shape index (κ3) is 5.08. The quantitative estimate of drug-likeness (QED) is 0.406. The highest BCUT2D eigenvalue weighted by Crippen LogP contribution is 2.35. The minimum Gasteiger partial charge on any atom is -0.497 e. The van der Waals surface area contributed by atoms with Gasteiger partial charge in [-0.15, -0.1) is 0 Å². The fourth-order valence-corrected chi connectivity index (χ4v) is 4.61. The molecule has 1 aromatic heterocycles. The lowest BCUT2D eigenvalue weighted by Gasteiger charge is -2.32. The standard InChI is InChI=1S/C24H26N2O5S/c1-24(28)12-19(31-20(27)13-24)14-32-23-25-21(15-4-8-17(29-2)9-5-15)22(26-23)16-6-10-18(30-3)11-7-16/h4-11,19,28H,12-14H2,1-3H3,(H,25,26)/t19?,24-/m0/s1. The molecule has 1 aliphatic rings. The summed E-state index contributed by atoms with van der Waals surface area (Å²) < 4.78 is 16.0. The first-order valence-corrected chi connectivity index (χ1v) is 11.3. The van der Waals surface area contributed by atoms with Crippen molar-refractivity contribution >= 4 is 17.7 Å². The van der Waals surface area contributed by atoms with E-state index in [1.54, 1.807) is 21.1 Å². The SMILES string of the molecule is COc1ccc(-c2nc(SCC3C[C@](C)(O)CC(=O)O3)[nH]c2-c2ccc(OC)cc2)cc1. The molecule has 2 N–H and O–H groups in total. The van der Waals surface area contributed by atoms with Crippen molar-refractivity contribution in [3.8, 4) is 34.0 Å². The van der Waals surface area contributed by atoms with Gasteiger partial charge < -0.3 is 24.3 Å². The summed E-state index contributed by atoms with van der Waals surface area (Å²) in [5.74, 6) is 1.68. The van der Waals surface area contributed by atoms with Crippen LogP contribution < -0.4 is 9.47 Å². The molecule has 0 spiro atoms. The molecule has 0 bridgehead atoms. The molecule has 0 amide bonds. The van der Waals surface area contributed by atoms with Crippen molar-refractivity contribution in [3.05, 3.63) is 48.5 Å². The zero-order valence-electron chi connectivity index (χ0n) is 18.3. The van der Waals surface area contributed by atoms with E-state index in [-0.39, 0.29) is 18.5 Å². The van der Waals surface area contributed by atoms with E-state index in [2.05, 4.69) is 4.98 Å². The predicted octanol–water partition coefficient (Wildman–Crippen LogP) is 4.31. The normalized spacial score (nSPS) is 20.6. The average Bonchev–Trinajstić information content (AvgIpc) is 3.21. The number of H-pyrrole nitrogens is 1. The number of nitrogens with zero attached hydrogens (tertiary/aromatic N) is 1. The van der Waals surface area contributed by atoms with Gasteiger partial charge in [0, 0.05) is 23.3 Å². The molecule has 1 unspecified atom stereocenters. The first-order valence-electron chi connectivity index (χ1n) is 10.3. The Labute approximate surface area is 191 Å². The number of imidazole rings is 1. The molecule has 2 aromatic carbocycles. The number of carbonyl (C=O) groups excluding carboxylic acids is 1. The fraction of sp³-hybridized carbons (Fsp3) is 0.333. The second-order valence-corrected chi connectivity index (χ2v) is 9.03. The summed E-state index contributed by atoms with van der Waals surface area (Å²) >= 11 is 1.46. The summed E-state index contributed by atoms with van der Waals surface area (Å²) in [6.07, 6.45) is 0.0663. The average molecular weight is 455 g/mol. The zero-order chi connectivity index (χ0) is 22.7. The first-order chi connectivity index (χ1) is 15.4. The minimum atomic E-state index is -1.04. The lowest BCUT2D eigenvalue weighted by atomic mass is 9.93. The van der Waals surface area contributed by atoms with E-state index in [9.17, 15) is 9.90 Å². The summed E-state index contributed by atoms with van der Waals surface area (Å²) in [5, 5.41) is 11.0. The Kier molecular flexibility index (Phi) is 6.43. The van der Waals surface area contributed by atoms with Gasteiger partial charge >= 0.3 is 5.97 Å². The molecule has 1 saturated heterocycles. The molecule has 168 valence electrons. The monoisotopic (exact) mass is 454 g/mol. The van der Waals surface area contributed by atoms with Crippen LogP contribution in [0, 0.1) is 0 Å². The van der Waals surface area contributed by atoms with Crippen molar-refractivity contribution in [2.45, 2.75) is 36.6 Å². The van der Waals surface area contributed by atoms with Crippen LogP contribution in [-0.2, 0) is 9.53 Å². The van der Waals surface area contributed by atoms with E-state index in [0.29, 0.717) is 17.3 Å². The van der Waals surface area contributed by atoms with Crippen LogP contribution in [0.5, 0.6) is 11.5 Å². The molecule has 3 aromatic rings. The maximum absolute atomic E-state index is 11.8. The summed E-state index contributed by atoms with van der Waals surface area (Å²) in [6, 6.07) is 15.5. The van der Waals surface area contributed by atoms with Gasteiger partial charge in [-0.2, -0.15) is 0 Å². The summed E-state index contributed by atoms with van der Waals surface area (Å²) in [6.45, 7) is 1.67. The van der Waals surface area contributed by atoms with E-state index < -0.39 is 5.60 Å². The highest BCUT2D eigenvalue weighted by Gasteiger charge is 2.36. The highest BCUT2D eigenvalue weighted by atomic mass is 32.2. The van der Waals surface area contributed by atoms with Gasteiger partial charge in [0.05, 0.1) is 37.6 Å². The van der Waals surface area contributed by atoms with Gasteiger partial charge in [0.1, 0.15) is 17.6 Å². The van der Waals surface area contributed by atoms with Gasteiger partial charge in [-0.05, 0) is 55.5 Å². The van der Waals surface area contributed by atoms with E-state index in [0.717, 1.165) is 34.0 Å². The van der Waals surface area contributed by atoms with Crippen LogP contribution in [0.15, 0.2) is 53.7 Å². The molecule has 1 aliphatic heterocycles. The van der Waals surface area contributed by atoms with Crippen molar-refractivity contribution < 1.29 is 24.1 Å². The third-order valence-electron chi connectivity index (χ3n) is 5.32. The van der Waals surface area contributed by atoms with E-state index >= 15 is 0 Å². The number of nitrogens with one attached hydrogen (secondary N) is 1. The van der Waals surface area contributed by atoms with Crippen LogP contribution in [-0.4, -0.2) is 52.7 Å². The van der Waals surface area contributed by atoms with Crippen LogP contribution in [0.3, 0.4) is 0 Å². The smallest absolute Gasteiger partial charge is 0.309 e. The Morgan fingerprint density at radius 2 is 1.69 bits per heavy atom. The van der Waals surface area contributed by atoms with Crippen LogP contribution in [0.1, 0.15) is 19.8 Å². The zero-order valence-corrected chi connectivity index (χ0v) is 19.1. The second kappa shape index (κ2) is 9.26. The molecule has 8 heteroatoms. The number of esters is 1. The number of rotatable bonds is 7. The number of aromatic amines is 1. The number of hydrogen-bond donors (Lipinski definition) is 2. The number of methoxy groups -OCH3 is 2. The Morgan fingerprint density at radius 1 is 1.09 bits per heavy atom. The molecule has 7 nitrogen and oxygen atoms in total. The van der Waals surface area contributed by atoms with E-state index in [1.807, 2.05) is 48.5 Å². The molecule has 32 heavy (non-hydrogen) atoms. The molecule has 0 radical (unpaired) electrons. The molecular weight excluding hydrogens is 428 g/mol. The first kappa shape index (κ1) is 22.2. The number of aliphatic hydroxyl groups is 1. The Balaban J connectivity index is 1.61. The van der Waals surface area contributed by atoms with Crippen molar-refractivity contribution in [1.29, 1.82) is 0 Å². The Hall–Kier alpha value is -2.97. The molecular formula is C24H26N2O5S. The second-order valence-electron chi connectivity index (χ2n) is 8.02. The Bertz CT molecular complexity index is 1010. The van der Waals surface area contributed by atoms with E-state index in [1.165, 1.54) is 11.8 Å². The van der Waals surface area contributed by atoms with Gasteiger partial charge in [-0.25, -0.2) is 4.98 Å². The van der Waals surface area contributed by atoms with Gasteiger partial charge in [-0.3, -0.25) is 4.79 Å². The maximum Gasteiger partial charge on any atom is 0.309 e. The van der Waals surface area contributed by atoms with Crippen molar-refractivity contribution in [3.63, 3.8) is 0 Å². The molecule has 0 aliphatic carbocycles. The van der Waals surface area contributed by atoms with Crippen molar-refractivity contribution in [2.24, 2.45) is 0 Å². The van der Waals surface area contributed by atoms with Gasteiger partial charge in [-0.1, -0.05) is 11.8 Å². The maximum atomic E-state index is 11.8. The fourth-order valence-electron chi connectivity index (χ4n) is 3.75. The van der Waals surface area contributed by atoms with Gasteiger partial charge in [0.15, 0.2) is 5.16 Å². The molecule has 2 atom stereocenters. The molecule has 4 rings (SSSR count). The number of hydrogen-bond acceptors (Lipinski definition) is 7. The number of cyclic esters (lactones) is 1. The van der Waals surface area contributed by atoms with Crippen molar-refractivity contribution in [2.75, 3.05) is 20.0 Å². The largest absolute Gasteiger partial charge is 0.497 e.